The predicted octanol–water partition coefficient (Wildman–Crippen LogP) is 4.06. The summed E-state index contributed by atoms with van der Waals surface area (Å²) in [5, 5.41) is 14.0. The molecule has 0 bridgehead atoms. The van der Waals surface area contributed by atoms with Crippen LogP contribution in [0.4, 0.5) is 4.39 Å². The number of aliphatic hydroxyl groups excluding tert-OH is 1. The van der Waals surface area contributed by atoms with Gasteiger partial charge in [-0.25, -0.2) is 9.18 Å². The Bertz CT molecular complexity index is 1210. The number of ketones is 1. The molecule has 1 N–H and O–H groups in total. The minimum absolute atomic E-state index is 0.0969. The molecular weight excluding hydrogens is 425 g/mol. The molecule has 0 radical (unpaired) electrons. The highest BCUT2D eigenvalue weighted by Gasteiger charge is 2.23. The van der Waals surface area contributed by atoms with Gasteiger partial charge in [-0.05, 0) is 44.4 Å². The fourth-order valence-corrected chi connectivity index (χ4v) is 3.75. The highest BCUT2D eigenvalue weighted by Crippen LogP contribution is 2.28. The van der Waals surface area contributed by atoms with Gasteiger partial charge in [0.2, 0.25) is 0 Å². The van der Waals surface area contributed by atoms with E-state index in [-0.39, 0.29) is 41.1 Å². The minimum Gasteiger partial charge on any atom is -0.490 e. The summed E-state index contributed by atoms with van der Waals surface area (Å²) >= 11 is 0. The Morgan fingerprint density at radius 2 is 1.94 bits per heavy atom. The van der Waals surface area contributed by atoms with Crippen molar-refractivity contribution < 1.29 is 19.0 Å². The van der Waals surface area contributed by atoms with Crippen LogP contribution in [0.25, 0.3) is 5.69 Å². The molecule has 0 aliphatic rings. The topological polar surface area (TPSA) is 86.3 Å². The molecule has 176 valence electrons. The number of carbonyl (C=O) groups is 1. The lowest BCUT2D eigenvalue weighted by atomic mass is 9.98. The Morgan fingerprint density at radius 1 is 1.24 bits per heavy atom. The Hall–Kier alpha value is -3.26. The molecule has 8 heteroatoms. The number of aromatic nitrogens is 3. The lowest BCUT2D eigenvalue weighted by Crippen LogP contribution is -2.23. The summed E-state index contributed by atoms with van der Waals surface area (Å²) in [5.41, 5.74) is 1.17. The molecule has 0 aliphatic heterocycles. The van der Waals surface area contributed by atoms with Gasteiger partial charge in [0.15, 0.2) is 11.6 Å². The predicted molar refractivity (Wildman–Crippen MR) is 124 cm³/mol. The summed E-state index contributed by atoms with van der Waals surface area (Å²) in [6, 6.07) is 9.97. The van der Waals surface area contributed by atoms with E-state index in [1.54, 1.807) is 0 Å². The molecule has 2 aromatic carbocycles. The number of ether oxygens (including phenoxy) is 1. The lowest BCUT2D eigenvalue weighted by molar-refractivity contribution is 0.0985. The molecule has 1 aromatic heterocycles. The molecule has 0 amide bonds. The highest BCUT2D eigenvalue weighted by molar-refractivity contribution is 6.00. The zero-order valence-electron chi connectivity index (χ0n) is 19.6. The molecule has 33 heavy (non-hydrogen) atoms. The van der Waals surface area contributed by atoms with E-state index in [0.717, 1.165) is 39.3 Å². The molecule has 2 atom stereocenters. The van der Waals surface area contributed by atoms with Crippen LogP contribution in [0.2, 0.25) is 0 Å². The number of rotatable bonds is 9. The first-order valence-corrected chi connectivity index (χ1v) is 11.1. The van der Waals surface area contributed by atoms with E-state index in [0.29, 0.717) is 0 Å². The van der Waals surface area contributed by atoms with Crippen molar-refractivity contribution in [1.82, 2.24) is 14.3 Å². The fraction of sp³-hybridized carbons (Fsp3) is 0.400. The standard InChI is InChI=1S/C25H30FN3O4/c1-6-9-16(3)33-23-14-21(29-25(32)28(5)24(27-29)17(4)30)20(26)13-19(23)22(31)12-18-11-8-7-10-15(18)2/h7-8,10-11,13-14,16-17,30H,6,9,12H2,1-5H3/t16-,17?/m0/s1. The number of nitrogens with zero attached hydrogens (tertiary/aromatic N) is 3. The monoisotopic (exact) mass is 455 g/mol. The van der Waals surface area contributed by atoms with Crippen LogP contribution in [-0.2, 0) is 13.5 Å². The number of hydrogen-bond donors (Lipinski definition) is 1. The van der Waals surface area contributed by atoms with Crippen molar-refractivity contribution in [2.75, 3.05) is 0 Å². The summed E-state index contributed by atoms with van der Waals surface area (Å²) in [7, 11) is 1.45. The maximum Gasteiger partial charge on any atom is 0.350 e. The number of carbonyl (C=O) groups excluding carboxylic acids is 1. The van der Waals surface area contributed by atoms with Gasteiger partial charge in [-0.2, -0.15) is 4.68 Å². The largest absolute Gasteiger partial charge is 0.490 e. The van der Waals surface area contributed by atoms with Gasteiger partial charge in [0.25, 0.3) is 0 Å². The Kier molecular flexibility index (Phi) is 7.48. The van der Waals surface area contributed by atoms with Gasteiger partial charge in [-0.1, -0.05) is 37.6 Å². The second kappa shape index (κ2) is 10.1. The van der Waals surface area contributed by atoms with Crippen molar-refractivity contribution in [3.05, 3.63) is 75.2 Å². The average Bonchev–Trinajstić information content (AvgIpc) is 3.05. The number of hydrogen-bond acceptors (Lipinski definition) is 5. The van der Waals surface area contributed by atoms with Gasteiger partial charge in [0, 0.05) is 19.5 Å². The van der Waals surface area contributed by atoms with Crippen LogP contribution in [0.15, 0.2) is 41.2 Å². The maximum absolute atomic E-state index is 15.2. The van der Waals surface area contributed by atoms with Crippen LogP contribution >= 0.6 is 0 Å². The smallest absolute Gasteiger partial charge is 0.350 e. The molecule has 1 unspecified atom stereocenters. The third-order valence-electron chi connectivity index (χ3n) is 5.60. The first-order valence-electron chi connectivity index (χ1n) is 11.1. The Morgan fingerprint density at radius 3 is 2.55 bits per heavy atom. The van der Waals surface area contributed by atoms with Crippen molar-refractivity contribution in [2.45, 2.75) is 59.2 Å². The fourth-order valence-electron chi connectivity index (χ4n) is 3.75. The van der Waals surface area contributed by atoms with Gasteiger partial charge in [0.1, 0.15) is 23.4 Å². The van der Waals surface area contributed by atoms with E-state index in [4.69, 9.17) is 4.74 Å². The first kappa shape index (κ1) is 24.4. The van der Waals surface area contributed by atoms with Gasteiger partial charge >= 0.3 is 5.69 Å². The molecule has 7 nitrogen and oxygen atoms in total. The molecule has 1 heterocycles. The average molecular weight is 456 g/mol. The van der Waals surface area contributed by atoms with Crippen LogP contribution in [0.1, 0.15) is 67.0 Å². The zero-order valence-corrected chi connectivity index (χ0v) is 19.6. The maximum atomic E-state index is 15.2. The van der Waals surface area contributed by atoms with Crippen molar-refractivity contribution in [2.24, 2.45) is 7.05 Å². The molecule has 0 aliphatic carbocycles. The van der Waals surface area contributed by atoms with Crippen molar-refractivity contribution >= 4 is 5.78 Å². The van der Waals surface area contributed by atoms with E-state index in [1.165, 1.54) is 20.0 Å². The van der Waals surface area contributed by atoms with Crippen LogP contribution in [0.5, 0.6) is 5.75 Å². The zero-order chi connectivity index (χ0) is 24.3. The lowest BCUT2D eigenvalue weighted by Gasteiger charge is -2.18. The second-order valence-electron chi connectivity index (χ2n) is 8.33. The minimum atomic E-state index is -1.01. The summed E-state index contributed by atoms with van der Waals surface area (Å²) in [6.07, 6.45) is 0.487. The first-order chi connectivity index (χ1) is 15.6. The second-order valence-corrected chi connectivity index (χ2v) is 8.33. The molecule has 0 saturated carbocycles. The quantitative estimate of drug-likeness (QED) is 0.492. The molecule has 3 rings (SSSR count). The molecule has 0 spiro atoms. The summed E-state index contributed by atoms with van der Waals surface area (Å²) in [4.78, 5) is 25.8. The van der Waals surface area contributed by atoms with Crippen LogP contribution in [0.3, 0.4) is 0 Å². The van der Waals surface area contributed by atoms with Gasteiger partial charge in [-0.15, -0.1) is 5.10 Å². The summed E-state index contributed by atoms with van der Waals surface area (Å²) in [6.45, 7) is 7.28. The van der Waals surface area contributed by atoms with Crippen molar-refractivity contribution in [1.29, 1.82) is 0 Å². The van der Waals surface area contributed by atoms with Gasteiger partial charge in [-0.3, -0.25) is 9.36 Å². The van der Waals surface area contributed by atoms with E-state index in [1.807, 2.05) is 45.0 Å². The number of aliphatic hydroxyl groups is 1. The van der Waals surface area contributed by atoms with E-state index < -0.39 is 17.6 Å². The van der Waals surface area contributed by atoms with Crippen molar-refractivity contribution in [3.63, 3.8) is 0 Å². The normalized spacial score (nSPS) is 13.1. The number of halogens is 1. The van der Waals surface area contributed by atoms with E-state index >= 15 is 4.39 Å². The SMILES string of the molecule is CCC[C@H](C)Oc1cc(-n2nc(C(C)O)n(C)c2=O)c(F)cc1C(=O)Cc1ccccc1C. The number of Topliss-reactive ketones (excluding diaryl/α,β-unsaturated/α-hetero) is 1. The van der Waals surface area contributed by atoms with Gasteiger partial charge in [0.05, 0.1) is 11.7 Å². The van der Waals surface area contributed by atoms with E-state index in [2.05, 4.69) is 5.10 Å². The van der Waals surface area contributed by atoms with Crippen molar-refractivity contribution in [3.8, 4) is 11.4 Å². The Balaban J connectivity index is 2.10. The van der Waals surface area contributed by atoms with Gasteiger partial charge < -0.3 is 9.84 Å². The molecule has 3 aromatic rings. The third kappa shape index (κ3) is 5.22. The Labute approximate surface area is 192 Å². The van der Waals surface area contributed by atoms with Crippen LogP contribution in [-0.4, -0.2) is 31.3 Å². The van der Waals surface area contributed by atoms with E-state index in [9.17, 15) is 14.7 Å². The van der Waals surface area contributed by atoms with Crippen LogP contribution < -0.4 is 10.4 Å². The summed E-state index contributed by atoms with van der Waals surface area (Å²) in [5.74, 6) is -0.773. The number of benzene rings is 2. The van der Waals surface area contributed by atoms with Crippen LogP contribution in [0, 0.1) is 12.7 Å². The molecular formula is C25H30FN3O4. The summed E-state index contributed by atoms with van der Waals surface area (Å²) < 4.78 is 23.3. The molecule has 0 fully saturated rings. The number of aryl methyl sites for hydroxylation is 1. The molecule has 0 saturated heterocycles. The highest BCUT2D eigenvalue weighted by atomic mass is 19.1. The third-order valence-corrected chi connectivity index (χ3v) is 5.60.